The van der Waals surface area contributed by atoms with E-state index < -0.39 is 0 Å². The number of nitrogens with zero attached hydrogens (tertiary/aromatic N) is 2. The van der Waals surface area contributed by atoms with Gasteiger partial charge >= 0.3 is 0 Å². The standard InChI is InChI=1S/C14H15ClN2O2/c1-4-14-16-11(8-13(15)17-14)10-6-5-9(18-2)7-12(10)19-3/h5-8H,4H2,1-3H3. The van der Waals surface area contributed by atoms with E-state index in [-0.39, 0.29) is 0 Å². The zero-order valence-electron chi connectivity index (χ0n) is 11.1. The van der Waals surface area contributed by atoms with Gasteiger partial charge in [-0.2, -0.15) is 0 Å². The Balaban J connectivity index is 2.54. The fraction of sp³-hybridized carbons (Fsp3) is 0.286. The van der Waals surface area contributed by atoms with Crippen LogP contribution in [-0.4, -0.2) is 24.2 Å². The normalized spacial score (nSPS) is 10.3. The van der Waals surface area contributed by atoms with E-state index in [0.717, 1.165) is 23.4 Å². The number of aromatic nitrogens is 2. The summed E-state index contributed by atoms with van der Waals surface area (Å²) in [6.07, 6.45) is 0.728. The molecule has 1 heterocycles. The van der Waals surface area contributed by atoms with E-state index in [1.54, 1.807) is 20.3 Å². The lowest BCUT2D eigenvalue weighted by atomic mass is 10.1. The Morgan fingerprint density at radius 1 is 1.11 bits per heavy atom. The highest BCUT2D eigenvalue weighted by atomic mass is 35.5. The van der Waals surface area contributed by atoms with Gasteiger partial charge < -0.3 is 9.47 Å². The summed E-state index contributed by atoms with van der Waals surface area (Å²) in [5, 5.41) is 0.430. The molecule has 0 radical (unpaired) electrons. The molecule has 100 valence electrons. The van der Waals surface area contributed by atoms with Crippen molar-refractivity contribution in [2.75, 3.05) is 14.2 Å². The van der Waals surface area contributed by atoms with Crippen LogP contribution in [0.1, 0.15) is 12.7 Å². The molecule has 5 heteroatoms. The summed E-state index contributed by atoms with van der Waals surface area (Å²) in [6, 6.07) is 7.30. The molecule has 2 aromatic rings. The molecule has 0 amide bonds. The molecule has 0 unspecified atom stereocenters. The van der Waals surface area contributed by atoms with Gasteiger partial charge in [-0.05, 0) is 12.1 Å². The second-order valence-electron chi connectivity index (χ2n) is 3.91. The lowest BCUT2D eigenvalue weighted by Crippen LogP contribution is -1.97. The Bertz CT molecular complexity index is 588. The molecule has 0 saturated heterocycles. The van der Waals surface area contributed by atoms with Gasteiger partial charge in [-0.25, -0.2) is 9.97 Å². The molecule has 0 atom stereocenters. The van der Waals surface area contributed by atoms with Gasteiger partial charge in [0.2, 0.25) is 0 Å². The van der Waals surface area contributed by atoms with Crippen LogP contribution in [-0.2, 0) is 6.42 Å². The fourth-order valence-corrected chi connectivity index (χ4v) is 1.97. The topological polar surface area (TPSA) is 44.2 Å². The van der Waals surface area contributed by atoms with Crippen molar-refractivity contribution in [3.8, 4) is 22.8 Å². The first kappa shape index (κ1) is 13.6. The third-order valence-corrected chi connectivity index (χ3v) is 2.94. The van der Waals surface area contributed by atoms with Crippen molar-refractivity contribution < 1.29 is 9.47 Å². The highest BCUT2D eigenvalue weighted by molar-refractivity contribution is 6.29. The molecule has 4 nitrogen and oxygen atoms in total. The van der Waals surface area contributed by atoms with Crippen LogP contribution in [0.4, 0.5) is 0 Å². The Kier molecular flexibility index (Phi) is 4.22. The Morgan fingerprint density at radius 3 is 2.53 bits per heavy atom. The van der Waals surface area contributed by atoms with Crippen molar-refractivity contribution in [1.82, 2.24) is 9.97 Å². The van der Waals surface area contributed by atoms with E-state index in [9.17, 15) is 0 Å². The zero-order chi connectivity index (χ0) is 13.8. The van der Waals surface area contributed by atoms with Gasteiger partial charge in [-0.3, -0.25) is 0 Å². The molecule has 0 aliphatic heterocycles. The number of hydrogen-bond donors (Lipinski definition) is 0. The fourth-order valence-electron chi connectivity index (χ4n) is 1.77. The number of rotatable bonds is 4. The van der Waals surface area contributed by atoms with Gasteiger partial charge in [0.25, 0.3) is 0 Å². The minimum Gasteiger partial charge on any atom is -0.497 e. The lowest BCUT2D eigenvalue weighted by Gasteiger charge is -2.10. The molecule has 0 aliphatic rings. The van der Waals surface area contributed by atoms with Crippen molar-refractivity contribution in [2.24, 2.45) is 0 Å². The summed E-state index contributed by atoms with van der Waals surface area (Å²) in [7, 11) is 3.23. The number of benzene rings is 1. The van der Waals surface area contributed by atoms with E-state index in [2.05, 4.69) is 9.97 Å². The highest BCUT2D eigenvalue weighted by Crippen LogP contribution is 2.32. The van der Waals surface area contributed by atoms with Gasteiger partial charge in [0.05, 0.1) is 19.9 Å². The van der Waals surface area contributed by atoms with Crippen LogP contribution in [0.3, 0.4) is 0 Å². The summed E-state index contributed by atoms with van der Waals surface area (Å²) < 4.78 is 10.5. The average molecular weight is 279 g/mol. The second kappa shape index (κ2) is 5.89. The SMILES string of the molecule is CCc1nc(Cl)cc(-c2ccc(OC)cc2OC)n1. The molecule has 1 aromatic carbocycles. The maximum atomic E-state index is 6.02. The maximum absolute atomic E-state index is 6.02. The summed E-state index contributed by atoms with van der Waals surface area (Å²) in [5.74, 6) is 2.13. The highest BCUT2D eigenvalue weighted by Gasteiger charge is 2.11. The largest absolute Gasteiger partial charge is 0.497 e. The summed E-state index contributed by atoms with van der Waals surface area (Å²) >= 11 is 6.02. The van der Waals surface area contributed by atoms with E-state index >= 15 is 0 Å². The second-order valence-corrected chi connectivity index (χ2v) is 4.30. The Hall–Kier alpha value is -1.81. The molecule has 0 fully saturated rings. The van der Waals surface area contributed by atoms with Crippen molar-refractivity contribution in [3.05, 3.63) is 35.2 Å². The summed E-state index contributed by atoms with van der Waals surface area (Å²) in [6.45, 7) is 1.99. The minimum absolute atomic E-state index is 0.430. The molecule has 0 spiro atoms. The number of methoxy groups -OCH3 is 2. The molecular formula is C14H15ClN2O2. The Morgan fingerprint density at radius 2 is 1.89 bits per heavy atom. The Labute approximate surface area is 117 Å². The van der Waals surface area contributed by atoms with Crippen molar-refractivity contribution in [1.29, 1.82) is 0 Å². The van der Waals surface area contributed by atoms with Crippen LogP contribution >= 0.6 is 11.6 Å². The smallest absolute Gasteiger partial charge is 0.133 e. The van der Waals surface area contributed by atoms with Crippen LogP contribution in [0.2, 0.25) is 5.15 Å². The van der Waals surface area contributed by atoms with Crippen molar-refractivity contribution >= 4 is 11.6 Å². The third-order valence-electron chi connectivity index (χ3n) is 2.74. The number of halogens is 1. The summed E-state index contributed by atoms with van der Waals surface area (Å²) in [5.41, 5.74) is 1.61. The van der Waals surface area contributed by atoms with Gasteiger partial charge in [-0.15, -0.1) is 0 Å². The van der Waals surface area contributed by atoms with Crippen LogP contribution in [0.5, 0.6) is 11.5 Å². The molecular weight excluding hydrogens is 264 g/mol. The number of aryl methyl sites for hydroxylation is 1. The van der Waals surface area contributed by atoms with Crippen LogP contribution < -0.4 is 9.47 Å². The van der Waals surface area contributed by atoms with E-state index in [1.165, 1.54) is 0 Å². The average Bonchev–Trinajstić information content (AvgIpc) is 2.45. The van der Waals surface area contributed by atoms with Gasteiger partial charge in [-0.1, -0.05) is 18.5 Å². The van der Waals surface area contributed by atoms with Crippen molar-refractivity contribution in [3.63, 3.8) is 0 Å². The maximum Gasteiger partial charge on any atom is 0.133 e. The first-order valence-electron chi connectivity index (χ1n) is 5.93. The van der Waals surface area contributed by atoms with E-state index in [0.29, 0.717) is 16.7 Å². The van der Waals surface area contributed by atoms with E-state index in [1.807, 2.05) is 25.1 Å². The number of ether oxygens (including phenoxy) is 2. The molecule has 0 aliphatic carbocycles. The van der Waals surface area contributed by atoms with Crippen LogP contribution in [0, 0.1) is 0 Å². The third kappa shape index (κ3) is 2.96. The molecule has 0 saturated carbocycles. The molecule has 19 heavy (non-hydrogen) atoms. The van der Waals surface area contributed by atoms with E-state index in [4.69, 9.17) is 21.1 Å². The predicted octanol–water partition coefficient (Wildman–Crippen LogP) is 3.38. The molecule has 2 rings (SSSR count). The lowest BCUT2D eigenvalue weighted by molar-refractivity contribution is 0.395. The zero-order valence-corrected chi connectivity index (χ0v) is 11.9. The predicted molar refractivity (Wildman–Crippen MR) is 75.0 cm³/mol. The summed E-state index contributed by atoms with van der Waals surface area (Å²) in [4.78, 5) is 8.63. The quantitative estimate of drug-likeness (QED) is 0.804. The van der Waals surface area contributed by atoms with Gasteiger partial charge in [0.15, 0.2) is 0 Å². The monoisotopic (exact) mass is 278 g/mol. The number of hydrogen-bond acceptors (Lipinski definition) is 4. The van der Waals surface area contributed by atoms with Crippen molar-refractivity contribution in [2.45, 2.75) is 13.3 Å². The first-order valence-corrected chi connectivity index (χ1v) is 6.31. The molecule has 1 aromatic heterocycles. The van der Waals surface area contributed by atoms with Gasteiger partial charge in [0, 0.05) is 24.1 Å². The molecule has 0 bridgehead atoms. The first-order chi connectivity index (χ1) is 9.17. The van der Waals surface area contributed by atoms with Gasteiger partial charge in [0.1, 0.15) is 22.5 Å². The van der Waals surface area contributed by atoms with Crippen LogP contribution in [0.15, 0.2) is 24.3 Å². The molecule has 0 N–H and O–H groups in total. The minimum atomic E-state index is 0.430. The van der Waals surface area contributed by atoms with Crippen LogP contribution in [0.25, 0.3) is 11.3 Å².